The number of epoxide rings is 1. The van der Waals surface area contributed by atoms with Crippen LogP contribution in [0.3, 0.4) is 0 Å². The van der Waals surface area contributed by atoms with Gasteiger partial charge in [0, 0.05) is 13.7 Å². The van der Waals surface area contributed by atoms with Crippen molar-refractivity contribution in [3.05, 3.63) is 0 Å². The van der Waals surface area contributed by atoms with Crippen LogP contribution in [0.25, 0.3) is 0 Å². The van der Waals surface area contributed by atoms with Crippen molar-refractivity contribution >= 4 is 5.97 Å². The third kappa shape index (κ3) is 1.85. The SMILES string of the molecule is COC1C(C(=O)O)OC(CCO)C2OC21. The molecule has 2 N–H and O–H groups in total. The molecular formula is C9H14O6. The largest absolute Gasteiger partial charge is 0.479 e. The lowest BCUT2D eigenvalue weighted by Crippen LogP contribution is -2.50. The summed E-state index contributed by atoms with van der Waals surface area (Å²) in [6.45, 7) is -0.0404. The van der Waals surface area contributed by atoms with Crippen LogP contribution in [0.15, 0.2) is 0 Å². The van der Waals surface area contributed by atoms with E-state index in [1.54, 1.807) is 0 Å². The molecule has 2 heterocycles. The summed E-state index contributed by atoms with van der Waals surface area (Å²) in [5.74, 6) is -1.06. The van der Waals surface area contributed by atoms with E-state index < -0.39 is 18.2 Å². The van der Waals surface area contributed by atoms with Gasteiger partial charge in [-0.1, -0.05) is 0 Å². The third-order valence-corrected chi connectivity index (χ3v) is 2.80. The first-order chi connectivity index (χ1) is 7.19. The Morgan fingerprint density at radius 3 is 2.67 bits per heavy atom. The number of carboxylic acids is 1. The molecule has 2 rings (SSSR count). The number of aliphatic hydroxyl groups excluding tert-OH is 1. The van der Waals surface area contributed by atoms with E-state index in [9.17, 15) is 4.79 Å². The lowest BCUT2D eigenvalue weighted by atomic mass is 9.99. The van der Waals surface area contributed by atoms with Crippen molar-refractivity contribution in [1.29, 1.82) is 0 Å². The zero-order chi connectivity index (χ0) is 11.0. The van der Waals surface area contributed by atoms with Gasteiger partial charge in [0.15, 0.2) is 6.10 Å². The van der Waals surface area contributed by atoms with Crippen LogP contribution in [0.1, 0.15) is 6.42 Å². The van der Waals surface area contributed by atoms with Gasteiger partial charge in [-0.05, 0) is 6.42 Å². The van der Waals surface area contributed by atoms with E-state index in [4.69, 9.17) is 24.4 Å². The van der Waals surface area contributed by atoms with Crippen LogP contribution >= 0.6 is 0 Å². The second kappa shape index (κ2) is 4.05. The Kier molecular flexibility index (Phi) is 2.92. The Morgan fingerprint density at radius 2 is 2.13 bits per heavy atom. The summed E-state index contributed by atoms with van der Waals surface area (Å²) in [6, 6.07) is 0. The van der Waals surface area contributed by atoms with Crippen molar-refractivity contribution in [1.82, 2.24) is 0 Å². The molecule has 6 heteroatoms. The minimum atomic E-state index is -1.06. The summed E-state index contributed by atoms with van der Waals surface area (Å²) in [5, 5.41) is 17.7. The maximum absolute atomic E-state index is 10.9. The first-order valence-corrected chi connectivity index (χ1v) is 4.86. The van der Waals surface area contributed by atoms with Crippen molar-refractivity contribution < 1.29 is 29.2 Å². The summed E-state index contributed by atoms with van der Waals surface area (Å²) < 4.78 is 15.7. The summed E-state index contributed by atoms with van der Waals surface area (Å²) >= 11 is 0. The molecule has 2 saturated heterocycles. The van der Waals surface area contributed by atoms with Crippen molar-refractivity contribution in [3.63, 3.8) is 0 Å². The third-order valence-electron chi connectivity index (χ3n) is 2.80. The average Bonchev–Trinajstić information content (AvgIpc) is 2.97. The standard InChI is InChI=1S/C9H14O6/c1-13-6-7-5(15-7)4(2-3-10)14-8(6)9(11)12/h4-8,10H,2-3H2,1H3,(H,11,12). The van der Waals surface area contributed by atoms with Crippen molar-refractivity contribution in [2.45, 2.75) is 36.9 Å². The van der Waals surface area contributed by atoms with Crippen LogP contribution in [-0.4, -0.2) is 60.4 Å². The molecule has 0 spiro atoms. The van der Waals surface area contributed by atoms with E-state index >= 15 is 0 Å². The summed E-state index contributed by atoms with van der Waals surface area (Å²) in [6.07, 6.45) is -1.84. The number of carboxylic acid groups (broad SMARTS) is 1. The number of carbonyl (C=O) groups is 1. The molecule has 86 valence electrons. The van der Waals surface area contributed by atoms with E-state index in [1.807, 2.05) is 0 Å². The minimum absolute atomic E-state index is 0.0404. The van der Waals surface area contributed by atoms with Gasteiger partial charge in [-0.25, -0.2) is 4.79 Å². The number of ether oxygens (including phenoxy) is 3. The van der Waals surface area contributed by atoms with E-state index in [0.717, 1.165) is 0 Å². The molecule has 0 amide bonds. The van der Waals surface area contributed by atoms with Crippen LogP contribution in [0, 0.1) is 0 Å². The van der Waals surface area contributed by atoms with Gasteiger partial charge in [0.1, 0.15) is 18.3 Å². The zero-order valence-electron chi connectivity index (χ0n) is 8.33. The van der Waals surface area contributed by atoms with Gasteiger partial charge in [-0.2, -0.15) is 0 Å². The van der Waals surface area contributed by atoms with E-state index in [0.29, 0.717) is 6.42 Å². The highest BCUT2D eigenvalue weighted by Gasteiger charge is 2.59. The summed E-state index contributed by atoms with van der Waals surface area (Å²) in [7, 11) is 1.44. The number of hydrogen-bond donors (Lipinski definition) is 2. The van der Waals surface area contributed by atoms with Gasteiger partial charge in [-0.3, -0.25) is 0 Å². The molecule has 0 aliphatic carbocycles. The molecule has 5 atom stereocenters. The van der Waals surface area contributed by atoms with Crippen LogP contribution in [0.4, 0.5) is 0 Å². The number of aliphatic carboxylic acids is 1. The van der Waals surface area contributed by atoms with Crippen LogP contribution < -0.4 is 0 Å². The highest BCUT2D eigenvalue weighted by molar-refractivity contribution is 5.73. The van der Waals surface area contributed by atoms with Crippen LogP contribution in [0.5, 0.6) is 0 Å². The number of fused-ring (bicyclic) bond motifs is 1. The van der Waals surface area contributed by atoms with Gasteiger partial charge in [0.2, 0.25) is 0 Å². The predicted molar refractivity (Wildman–Crippen MR) is 47.5 cm³/mol. The van der Waals surface area contributed by atoms with Gasteiger partial charge in [0.05, 0.1) is 6.10 Å². The molecule has 2 aliphatic rings. The molecule has 5 unspecified atom stereocenters. The van der Waals surface area contributed by atoms with Crippen molar-refractivity contribution in [3.8, 4) is 0 Å². The topological polar surface area (TPSA) is 88.5 Å². The normalized spacial score (nSPS) is 43.5. The maximum atomic E-state index is 10.9. The number of rotatable bonds is 4. The van der Waals surface area contributed by atoms with E-state index in [2.05, 4.69) is 0 Å². The monoisotopic (exact) mass is 218 g/mol. The quantitative estimate of drug-likeness (QED) is 0.588. The maximum Gasteiger partial charge on any atom is 0.335 e. The molecule has 6 nitrogen and oxygen atoms in total. The molecule has 0 aromatic carbocycles. The second-order valence-corrected chi connectivity index (χ2v) is 3.71. The fourth-order valence-electron chi connectivity index (χ4n) is 2.03. The predicted octanol–water partition coefficient (Wildman–Crippen LogP) is -0.997. The Bertz CT molecular complexity index is 255. The smallest absolute Gasteiger partial charge is 0.335 e. The number of methoxy groups -OCH3 is 1. The first kappa shape index (κ1) is 10.8. The van der Waals surface area contributed by atoms with Crippen LogP contribution in [-0.2, 0) is 19.0 Å². The first-order valence-electron chi connectivity index (χ1n) is 4.86. The van der Waals surface area contributed by atoms with E-state index in [-0.39, 0.29) is 24.9 Å². The molecule has 0 aromatic rings. The molecule has 15 heavy (non-hydrogen) atoms. The minimum Gasteiger partial charge on any atom is -0.479 e. The molecule has 0 bridgehead atoms. The van der Waals surface area contributed by atoms with Gasteiger partial charge >= 0.3 is 5.97 Å². The summed E-state index contributed by atoms with van der Waals surface area (Å²) in [4.78, 5) is 10.9. The lowest BCUT2D eigenvalue weighted by molar-refractivity contribution is -0.173. The Hall–Kier alpha value is -0.690. The highest BCUT2D eigenvalue weighted by Crippen LogP contribution is 2.39. The van der Waals surface area contributed by atoms with Gasteiger partial charge in [-0.15, -0.1) is 0 Å². The van der Waals surface area contributed by atoms with E-state index in [1.165, 1.54) is 7.11 Å². The Balaban J connectivity index is 2.05. The Morgan fingerprint density at radius 1 is 1.40 bits per heavy atom. The highest BCUT2D eigenvalue weighted by atomic mass is 16.7. The molecule has 0 radical (unpaired) electrons. The van der Waals surface area contributed by atoms with Crippen LogP contribution in [0.2, 0.25) is 0 Å². The molecule has 2 fully saturated rings. The molecular weight excluding hydrogens is 204 g/mol. The molecule has 2 aliphatic heterocycles. The summed E-state index contributed by atoms with van der Waals surface area (Å²) in [5.41, 5.74) is 0. The average molecular weight is 218 g/mol. The van der Waals surface area contributed by atoms with Crippen molar-refractivity contribution in [2.24, 2.45) is 0 Å². The molecule has 0 saturated carbocycles. The zero-order valence-corrected chi connectivity index (χ0v) is 8.33. The number of aliphatic hydroxyl groups is 1. The fourth-order valence-corrected chi connectivity index (χ4v) is 2.03. The van der Waals surface area contributed by atoms with Gasteiger partial charge in [0.25, 0.3) is 0 Å². The Labute approximate surface area is 86.7 Å². The van der Waals surface area contributed by atoms with Gasteiger partial charge < -0.3 is 24.4 Å². The molecule has 0 aromatic heterocycles. The van der Waals surface area contributed by atoms with Crippen molar-refractivity contribution in [2.75, 3.05) is 13.7 Å². The second-order valence-electron chi connectivity index (χ2n) is 3.71. The fraction of sp³-hybridized carbons (Fsp3) is 0.889. The number of hydrogen-bond acceptors (Lipinski definition) is 5. The lowest BCUT2D eigenvalue weighted by Gasteiger charge is -2.29.